The smallest absolute Gasteiger partial charge is 0.418 e. The van der Waals surface area contributed by atoms with Gasteiger partial charge in [-0.05, 0) is 30.7 Å². The van der Waals surface area contributed by atoms with Crippen molar-refractivity contribution in [2.24, 2.45) is 0 Å². The number of hydrogen-bond acceptors (Lipinski definition) is 6. The number of esters is 1. The van der Waals surface area contributed by atoms with Crippen molar-refractivity contribution in [1.29, 1.82) is 0 Å². The number of benzene rings is 1. The van der Waals surface area contributed by atoms with E-state index in [4.69, 9.17) is 9.47 Å². The zero-order chi connectivity index (χ0) is 15.8. The van der Waals surface area contributed by atoms with Gasteiger partial charge in [0.1, 0.15) is 5.75 Å². The number of carbonyl (C=O) groups is 2. The summed E-state index contributed by atoms with van der Waals surface area (Å²) in [5.41, 5.74) is 0.420. The second kappa shape index (κ2) is 8.14. The fraction of sp³-hybridized carbons (Fsp3) is 0.267. The van der Waals surface area contributed by atoms with Crippen LogP contribution in [0.25, 0.3) is 0 Å². The van der Waals surface area contributed by atoms with Crippen LogP contribution < -0.4 is 10.1 Å². The molecule has 0 saturated carbocycles. The van der Waals surface area contributed by atoms with E-state index >= 15 is 0 Å². The summed E-state index contributed by atoms with van der Waals surface area (Å²) in [6.07, 6.45) is 2.75. The van der Waals surface area contributed by atoms with E-state index in [-0.39, 0.29) is 5.97 Å². The van der Waals surface area contributed by atoms with Crippen molar-refractivity contribution in [3.05, 3.63) is 41.4 Å². The number of amides is 1. The third-order valence-corrected chi connectivity index (χ3v) is 3.36. The minimum atomic E-state index is -0.631. The van der Waals surface area contributed by atoms with E-state index in [1.807, 2.05) is 6.92 Å². The van der Waals surface area contributed by atoms with E-state index < -0.39 is 6.09 Å². The molecule has 1 heterocycles. The van der Waals surface area contributed by atoms with E-state index in [1.54, 1.807) is 23.7 Å². The molecule has 0 bridgehead atoms. The second-order valence-electron chi connectivity index (χ2n) is 4.37. The Morgan fingerprint density at radius 2 is 2.05 bits per heavy atom. The maximum absolute atomic E-state index is 11.7. The van der Waals surface area contributed by atoms with Gasteiger partial charge < -0.3 is 9.47 Å². The molecule has 1 aromatic carbocycles. The van der Waals surface area contributed by atoms with E-state index in [9.17, 15) is 9.59 Å². The van der Waals surface area contributed by atoms with Gasteiger partial charge in [-0.15, -0.1) is 11.3 Å². The van der Waals surface area contributed by atoms with Gasteiger partial charge in [0.15, 0.2) is 5.13 Å². The first-order chi connectivity index (χ1) is 10.7. The third-order valence-electron chi connectivity index (χ3n) is 2.67. The summed E-state index contributed by atoms with van der Waals surface area (Å²) in [4.78, 5) is 27.2. The molecule has 0 aliphatic carbocycles. The maximum Gasteiger partial charge on any atom is 0.418 e. The van der Waals surface area contributed by atoms with Gasteiger partial charge in [-0.25, -0.2) is 14.6 Å². The predicted molar refractivity (Wildman–Crippen MR) is 83.4 cm³/mol. The number of anilines is 1. The van der Waals surface area contributed by atoms with Crippen LogP contribution >= 0.6 is 11.3 Å². The molecule has 0 fully saturated rings. The Morgan fingerprint density at radius 3 is 2.68 bits per heavy atom. The summed E-state index contributed by atoms with van der Waals surface area (Å²) < 4.78 is 10.2. The molecule has 0 radical (unpaired) electrons. The highest BCUT2D eigenvalue weighted by Gasteiger charge is 2.09. The molecule has 1 amide bonds. The number of carbonyl (C=O) groups excluding carboxylic acids is 2. The topological polar surface area (TPSA) is 77.5 Å². The molecule has 0 spiro atoms. The summed E-state index contributed by atoms with van der Waals surface area (Å²) in [5.74, 6) is -0.0496. The Labute approximate surface area is 132 Å². The van der Waals surface area contributed by atoms with Gasteiger partial charge >= 0.3 is 12.1 Å². The van der Waals surface area contributed by atoms with Crippen LogP contribution in [0.1, 0.15) is 30.1 Å². The number of rotatable bonds is 6. The Bertz CT molecular complexity index is 611. The third kappa shape index (κ3) is 4.85. The number of ether oxygens (including phenoxy) is 2. The average Bonchev–Trinajstić information content (AvgIpc) is 3.01. The molecular weight excluding hydrogens is 304 g/mol. The van der Waals surface area contributed by atoms with E-state index in [2.05, 4.69) is 10.3 Å². The van der Waals surface area contributed by atoms with Gasteiger partial charge in [0.2, 0.25) is 0 Å². The lowest BCUT2D eigenvalue weighted by Gasteiger charge is -2.06. The van der Waals surface area contributed by atoms with Gasteiger partial charge in [-0.3, -0.25) is 5.32 Å². The molecule has 116 valence electrons. The molecule has 7 heteroatoms. The predicted octanol–water partition coefficient (Wildman–Crippen LogP) is 3.71. The first-order valence-corrected chi connectivity index (χ1v) is 7.72. The highest BCUT2D eigenvalue weighted by atomic mass is 32.1. The van der Waals surface area contributed by atoms with Crippen molar-refractivity contribution in [1.82, 2.24) is 4.98 Å². The summed E-state index contributed by atoms with van der Waals surface area (Å²) in [7, 11) is 0. The number of nitrogens with one attached hydrogen (secondary N) is 1. The molecule has 2 aromatic rings. The zero-order valence-electron chi connectivity index (χ0n) is 12.1. The standard InChI is InChI=1S/C15H16N2O4S/c1-2-3-9-20-13(18)11-4-6-12(7-5-11)21-15(19)17-14-16-8-10-22-14/h4-8,10H,2-3,9H2,1H3,(H,16,17,19). The van der Waals surface area contributed by atoms with Crippen LogP contribution in [-0.4, -0.2) is 23.7 Å². The summed E-state index contributed by atoms with van der Waals surface area (Å²) in [6, 6.07) is 6.19. The number of unbranched alkanes of at least 4 members (excludes halogenated alkanes) is 1. The number of thiazole rings is 1. The monoisotopic (exact) mass is 320 g/mol. The number of hydrogen-bond donors (Lipinski definition) is 1. The lowest BCUT2D eigenvalue weighted by Crippen LogP contribution is -2.16. The quantitative estimate of drug-likeness (QED) is 0.648. The van der Waals surface area contributed by atoms with Crippen LogP contribution in [-0.2, 0) is 4.74 Å². The van der Waals surface area contributed by atoms with Crippen molar-refractivity contribution >= 4 is 28.5 Å². The molecule has 1 aromatic heterocycles. The first kappa shape index (κ1) is 16.0. The zero-order valence-corrected chi connectivity index (χ0v) is 12.9. The molecule has 1 N–H and O–H groups in total. The molecule has 2 rings (SSSR count). The minimum Gasteiger partial charge on any atom is -0.462 e. The molecule has 6 nitrogen and oxygen atoms in total. The Morgan fingerprint density at radius 1 is 1.27 bits per heavy atom. The fourth-order valence-corrected chi connectivity index (χ4v) is 2.07. The Balaban J connectivity index is 1.86. The van der Waals surface area contributed by atoms with Crippen molar-refractivity contribution < 1.29 is 19.1 Å². The maximum atomic E-state index is 11.7. The average molecular weight is 320 g/mol. The van der Waals surface area contributed by atoms with Crippen molar-refractivity contribution in [2.45, 2.75) is 19.8 Å². The van der Waals surface area contributed by atoms with Gasteiger partial charge in [0.05, 0.1) is 12.2 Å². The molecule has 0 unspecified atom stereocenters. The SMILES string of the molecule is CCCCOC(=O)c1ccc(OC(=O)Nc2nccs2)cc1. The minimum absolute atomic E-state index is 0.333. The van der Waals surface area contributed by atoms with Crippen LogP contribution in [0.4, 0.5) is 9.93 Å². The van der Waals surface area contributed by atoms with Crippen LogP contribution in [0.2, 0.25) is 0 Å². The Kier molecular flexibility index (Phi) is 5.91. The van der Waals surface area contributed by atoms with Crippen molar-refractivity contribution in [3.63, 3.8) is 0 Å². The molecule has 0 atom stereocenters. The lowest BCUT2D eigenvalue weighted by atomic mass is 10.2. The van der Waals surface area contributed by atoms with Gasteiger partial charge in [0, 0.05) is 11.6 Å². The van der Waals surface area contributed by atoms with E-state index in [1.165, 1.54) is 23.5 Å². The first-order valence-electron chi connectivity index (χ1n) is 6.84. The molecule has 0 aliphatic heterocycles. The van der Waals surface area contributed by atoms with Gasteiger partial charge in [-0.1, -0.05) is 13.3 Å². The van der Waals surface area contributed by atoms with E-state index in [0.29, 0.717) is 23.1 Å². The van der Waals surface area contributed by atoms with Gasteiger partial charge in [0.25, 0.3) is 0 Å². The van der Waals surface area contributed by atoms with Crippen LogP contribution in [0.5, 0.6) is 5.75 Å². The highest BCUT2D eigenvalue weighted by molar-refractivity contribution is 7.13. The van der Waals surface area contributed by atoms with Crippen molar-refractivity contribution in [3.8, 4) is 5.75 Å². The van der Waals surface area contributed by atoms with Crippen molar-refractivity contribution in [2.75, 3.05) is 11.9 Å². The van der Waals surface area contributed by atoms with Crippen LogP contribution in [0.3, 0.4) is 0 Å². The normalized spacial score (nSPS) is 10.0. The molecule has 0 aliphatic rings. The summed E-state index contributed by atoms with van der Waals surface area (Å²) >= 11 is 1.29. The van der Waals surface area contributed by atoms with Crippen LogP contribution in [0, 0.1) is 0 Å². The second-order valence-corrected chi connectivity index (χ2v) is 5.26. The van der Waals surface area contributed by atoms with Crippen LogP contribution in [0.15, 0.2) is 35.8 Å². The largest absolute Gasteiger partial charge is 0.462 e. The fourth-order valence-electron chi connectivity index (χ4n) is 1.56. The lowest BCUT2D eigenvalue weighted by molar-refractivity contribution is 0.0499. The highest BCUT2D eigenvalue weighted by Crippen LogP contribution is 2.15. The number of aromatic nitrogens is 1. The summed E-state index contributed by atoms with van der Waals surface area (Å²) in [5, 5.41) is 4.70. The molecular formula is C15H16N2O4S. The van der Waals surface area contributed by atoms with Gasteiger partial charge in [-0.2, -0.15) is 0 Å². The molecule has 0 saturated heterocycles. The number of nitrogens with zero attached hydrogens (tertiary/aromatic N) is 1. The Hall–Kier alpha value is -2.41. The summed E-state index contributed by atoms with van der Waals surface area (Å²) in [6.45, 7) is 2.43. The molecule has 22 heavy (non-hydrogen) atoms. The van der Waals surface area contributed by atoms with E-state index in [0.717, 1.165) is 12.8 Å².